The molecule has 2 heterocycles. The Morgan fingerprint density at radius 3 is 2.77 bits per heavy atom. The summed E-state index contributed by atoms with van der Waals surface area (Å²) in [5, 5.41) is 0.611. The SMILES string of the molecule is CCN(Cc1nc2ccccc2c(=O)[nH]1)CC1COc2ccccc2O1. The van der Waals surface area contributed by atoms with Crippen molar-refractivity contribution in [3.05, 3.63) is 64.7 Å². The minimum atomic E-state index is -0.104. The normalized spacial score (nSPS) is 16.2. The Balaban J connectivity index is 1.48. The van der Waals surface area contributed by atoms with Gasteiger partial charge >= 0.3 is 0 Å². The highest BCUT2D eigenvalue weighted by molar-refractivity contribution is 5.77. The van der Waals surface area contributed by atoms with Crippen molar-refractivity contribution in [2.75, 3.05) is 19.7 Å². The lowest BCUT2D eigenvalue weighted by Crippen LogP contribution is -2.41. The van der Waals surface area contributed by atoms with Crippen molar-refractivity contribution in [3.8, 4) is 11.5 Å². The second-order valence-corrected chi connectivity index (χ2v) is 6.36. The van der Waals surface area contributed by atoms with E-state index in [0.717, 1.165) is 18.0 Å². The number of rotatable bonds is 5. The third-order valence-corrected chi connectivity index (χ3v) is 4.51. The molecule has 0 fully saturated rings. The zero-order valence-electron chi connectivity index (χ0n) is 14.6. The first-order valence-electron chi connectivity index (χ1n) is 8.81. The summed E-state index contributed by atoms with van der Waals surface area (Å²) in [7, 11) is 0. The summed E-state index contributed by atoms with van der Waals surface area (Å²) >= 11 is 0. The number of aromatic amines is 1. The van der Waals surface area contributed by atoms with E-state index >= 15 is 0 Å². The summed E-state index contributed by atoms with van der Waals surface area (Å²) in [5.74, 6) is 2.22. The zero-order valence-corrected chi connectivity index (χ0v) is 14.6. The van der Waals surface area contributed by atoms with E-state index in [1.54, 1.807) is 6.07 Å². The van der Waals surface area contributed by atoms with Crippen LogP contribution in [-0.2, 0) is 6.54 Å². The number of likely N-dealkylation sites (N-methyl/N-ethyl adjacent to an activating group) is 1. The lowest BCUT2D eigenvalue weighted by Gasteiger charge is -2.30. The molecule has 0 amide bonds. The van der Waals surface area contributed by atoms with Gasteiger partial charge in [0.1, 0.15) is 18.5 Å². The average Bonchev–Trinajstić information content (AvgIpc) is 2.67. The van der Waals surface area contributed by atoms with Gasteiger partial charge in [-0.2, -0.15) is 0 Å². The number of hydrogen-bond donors (Lipinski definition) is 1. The van der Waals surface area contributed by atoms with Gasteiger partial charge in [-0.25, -0.2) is 4.98 Å². The van der Waals surface area contributed by atoms with E-state index in [2.05, 4.69) is 21.8 Å². The highest BCUT2D eigenvalue weighted by Crippen LogP contribution is 2.31. The van der Waals surface area contributed by atoms with Crippen LogP contribution in [0.25, 0.3) is 10.9 Å². The van der Waals surface area contributed by atoms with E-state index < -0.39 is 0 Å². The third-order valence-electron chi connectivity index (χ3n) is 4.51. The Hall–Kier alpha value is -2.86. The fourth-order valence-corrected chi connectivity index (χ4v) is 3.17. The Morgan fingerprint density at radius 2 is 1.92 bits per heavy atom. The quantitative estimate of drug-likeness (QED) is 0.765. The largest absolute Gasteiger partial charge is 0.486 e. The zero-order chi connectivity index (χ0) is 17.9. The second-order valence-electron chi connectivity index (χ2n) is 6.36. The van der Waals surface area contributed by atoms with E-state index in [-0.39, 0.29) is 11.7 Å². The first-order valence-corrected chi connectivity index (χ1v) is 8.81. The molecule has 2 aromatic carbocycles. The molecule has 0 spiro atoms. The third kappa shape index (κ3) is 3.41. The maximum Gasteiger partial charge on any atom is 0.258 e. The minimum Gasteiger partial charge on any atom is -0.486 e. The van der Waals surface area contributed by atoms with Crippen LogP contribution in [0.1, 0.15) is 12.7 Å². The maximum atomic E-state index is 12.2. The smallest absolute Gasteiger partial charge is 0.258 e. The van der Waals surface area contributed by atoms with Crippen LogP contribution in [-0.4, -0.2) is 40.7 Å². The molecule has 1 N–H and O–H groups in total. The lowest BCUT2D eigenvalue weighted by molar-refractivity contribution is 0.0573. The number of aromatic nitrogens is 2. The van der Waals surface area contributed by atoms with E-state index in [4.69, 9.17) is 9.47 Å². The van der Waals surface area contributed by atoms with Gasteiger partial charge in [0.2, 0.25) is 0 Å². The van der Waals surface area contributed by atoms with Crippen molar-refractivity contribution >= 4 is 10.9 Å². The second kappa shape index (κ2) is 7.17. The van der Waals surface area contributed by atoms with Crippen molar-refractivity contribution in [1.29, 1.82) is 0 Å². The first kappa shape index (κ1) is 16.6. The molecule has 1 aliphatic rings. The molecule has 1 atom stereocenters. The highest BCUT2D eigenvalue weighted by atomic mass is 16.6. The number of benzene rings is 2. The van der Waals surface area contributed by atoms with Crippen LogP contribution in [0.2, 0.25) is 0 Å². The summed E-state index contributed by atoms with van der Waals surface area (Å²) in [6.45, 7) is 4.66. The summed E-state index contributed by atoms with van der Waals surface area (Å²) < 4.78 is 11.8. The van der Waals surface area contributed by atoms with Crippen LogP contribution >= 0.6 is 0 Å². The molecular formula is C20H21N3O3. The number of nitrogens with zero attached hydrogens (tertiary/aromatic N) is 2. The van der Waals surface area contributed by atoms with Crippen LogP contribution in [0.15, 0.2) is 53.3 Å². The fourth-order valence-electron chi connectivity index (χ4n) is 3.17. The molecule has 6 heteroatoms. The predicted octanol–water partition coefficient (Wildman–Crippen LogP) is 2.59. The van der Waals surface area contributed by atoms with Gasteiger partial charge in [0.25, 0.3) is 5.56 Å². The van der Waals surface area contributed by atoms with Crippen LogP contribution in [0.5, 0.6) is 11.5 Å². The first-order chi connectivity index (χ1) is 12.7. The van der Waals surface area contributed by atoms with Gasteiger partial charge < -0.3 is 14.5 Å². The Bertz CT molecular complexity index is 970. The highest BCUT2D eigenvalue weighted by Gasteiger charge is 2.23. The van der Waals surface area contributed by atoms with Crippen LogP contribution in [0, 0.1) is 0 Å². The standard InChI is InChI=1S/C20H21N3O3/c1-2-23(11-14-13-25-17-9-5-6-10-18(17)26-14)12-19-21-16-8-4-3-7-15(16)20(24)22-19/h3-10,14H,2,11-13H2,1H3,(H,21,22,24). The molecule has 0 saturated heterocycles. The van der Waals surface area contributed by atoms with Crippen molar-refractivity contribution in [3.63, 3.8) is 0 Å². The van der Waals surface area contributed by atoms with E-state index in [0.29, 0.717) is 36.4 Å². The summed E-state index contributed by atoms with van der Waals surface area (Å²) in [6, 6.07) is 15.1. The Labute approximate surface area is 151 Å². The van der Waals surface area contributed by atoms with Crippen LogP contribution in [0.3, 0.4) is 0 Å². The number of H-pyrrole nitrogens is 1. The van der Waals surface area contributed by atoms with Gasteiger partial charge in [-0.3, -0.25) is 9.69 Å². The monoisotopic (exact) mass is 351 g/mol. The van der Waals surface area contributed by atoms with Gasteiger partial charge in [0.05, 0.1) is 17.4 Å². The molecule has 26 heavy (non-hydrogen) atoms. The summed E-state index contributed by atoms with van der Waals surface area (Å²) in [4.78, 5) is 21.9. The van der Waals surface area contributed by atoms with Crippen molar-refractivity contribution < 1.29 is 9.47 Å². The molecule has 4 rings (SSSR count). The lowest BCUT2D eigenvalue weighted by atomic mass is 10.2. The molecule has 3 aromatic rings. The van der Waals surface area contributed by atoms with E-state index in [1.165, 1.54) is 0 Å². The van der Waals surface area contributed by atoms with Crippen LogP contribution < -0.4 is 15.0 Å². The molecule has 134 valence electrons. The number of para-hydroxylation sites is 3. The average molecular weight is 351 g/mol. The van der Waals surface area contributed by atoms with Crippen molar-refractivity contribution in [1.82, 2.24) is 14.9 Å². The van der Waals surface area contributed by atoms with Gasteiger partial charge in [0.15, 0.2) is 11.5 Å². The molecule has 1 aliphatic heterocycles. The number of ether oxygens (including phenoxy) is 2. The van der Waals surface area contributed by atoms with Gasteiger partial charge in [-0.1, -0.05) is 31.2 Å². The number of hydrogen-bond acceptors (Lipinski definition) is 5. The van der Waals surface area contributed by atoms with Gasteiger partial charge in [0, 0.05) is 6.54 Å². The molecule has 1 unspecified atom stereocenters. The van der Waals surface area contributed by atoms with Gasteiger partial charge in [-0.05, 0) is 30.8 Å². The molecule has 0 aliphatic carbocycles. The number of nitrogens with one attached hydrogen (secondary N) is 1. The maximum absolute atomic E-state index is 12.2. The molecule has 1 aromatic heterocycles. The van der Waals surface area contributed by atoms with Crippen LogP contribution in [0.4, 0.5) is 0 Å². The van der Waals surface area contributed by atoms with Crippen molar-refractivity contribution in [2.45, 2.75) is 19.6 Å². The fraction of sp³-hybridized carbons (Fsp3) is 0.300. The molecule has 0 saturated carbocycles. The molecule has 6 nitrogen and oxygen atoms in total. The number of fused-ring (bicyclic) bond motifs is 2. The molecule has 0 bridgehead atoms. The molecule has 0 radical (unpaired) electrons. The Morgan fingerprint density at radius 1 is 1.15 bits per heavy atom. The summed E-state index contributed by atoms with van der Waals surface area (Å²) in [5.41, 5.74) is 0.612. The van der Waals surface area contributed by atoms with E-state index in [1.807, 2.05) is 42.5 Å². The van der Waals surface area contributed by atoms with Crippen molar-refractivity contribution in [2.24, 2.45) is 0 Å². The topological polar surface area (TPSA) is 67.5 Å². The Kier molecular flexibility index (Phi) is 4.58. The summed E-state index contributed by atoms with van der Waals surface area (Å²) in [6.07, 6.45) is -0.0583. The molecular weight excluding hydrogens is 330 g/mol. The predicted molar refractivity (Wildman–Crippen MR) is 99.7 cm³/mol. The van der Waals surface area contributed by atoms with E-state index in [9.17, 15) is 4.79 Å². The van der Waals surface area contributed by atoms with Gasteiger partial charge in [-0.15, -0.1) is 0 Å². The minimum absolute atomic E-state index is 0.0583.